The van der Waals surface area contributed by atoms with Gasteiger partial charge < -0.3 is 11.1 Å². The van der Waals surface area contributed by atoms with Gasteiger partial charge in [0, 0.05) is 13.0 Å². The lowest BCUT2D eigenvalue weighted by Gasteiger charge is -2.22. The van der Waals surface area contributed by atoms with Crippen molar-refractivity contribution in [2.24, 2.45) is 5.73 Å². The standard InChI is InChI=1S/C11H20N2O/c1-4-6-7-9-13-10(14)11(3,12)8-5-2/h5,7-9,12H2,1-3H3,(H,13,14). The molecule has 1 amide bonds. The van der Waals surface area contributed by atoms with Crippen LogP contribution in [-0.4, -0.2) is 18.0 Å². The molecule has 3 nitrogen and oxygen atoms in total. The molecule has 0 heterocycles. The predicted octanol–water partition coefficient (Wildman–Crippen LogP) is 1.03. The number of nitrogens with two attached hydrogens (primary N) is 1. The van der Waals surface area contributed by atoms with E-state index in [2.05, 4.69) is 17.2 Å². The minimum Gasteiger partial charge on any atom is -0.354 e. The first-order valence-corrected chi connectivity index (χ1v) is 5.01. The van der Waals surface area contributed by atoms with Gasteiger partial charge in [0.15, 0.2) is 0 Å². The molecule has 0 aliphatic carbocycles. The van der Waals surface area contributed by atoms with Crippen LogP contribution in [0.5, 0.6) is 0 Å². The maximum atomic E-state index is 11.5. The number of nitrogens with one attached hydrogen (secondary N) is 1. The summed E-state index contributed by atoms with van der Waals surface area (Å²) in [5.41, 5.74) is 5.10. The first-order chi connectivity index (χ1) is 6.54. The van der Waals surface area contributed by atoms with Gasteiger partial charge in [-0.15, -0.1) is 11.8 Å². The predicted molar refractivity (Wildman–Crippen MR) is 58.6 cm³/mol. The number of rotatable bonds is 5. The highest BCUT2D eigenvalue weighted by Gasteiger charge is 2.26. The van der Waals surface area contributed by atoms with Gasteiger partial charge in [0.25, 0.3) is 0 Å². The van der Waals surface area contributed by atoms with Crippen molar-refractivity contribution >= 4 is 5.91 Å². The zero-order chi connectivity index (χ0) is 11.0. The Morgan fingerprint density at radius 2 is 2.21 bits per heavy atom. The fraction of sp³-hybridized carbons (Fsp3) is 0.727. The Kier molecular flexibility index (Phi) is 5.98. The Morgan fingerprint density at radius 1 is 1.57 bits per heavy atom. The molecule has 0 aromatic carbocycles. The summed E-state index contributed by atoms with van der Waals surface area (Å²) in [5, 5.41) is 2.78. The zero-order valence-corrected chi connectivity index (χ0v) is 9.31. The SMILES string of the molecule is CC#CCCNC(=O)C(C)(N)CCC. The molecule has 0 spiro atoms. The molecule has 0 radical (unpaired) electrons. The molecular formula is C11H20N2O. The molecule has 0 aliphatic heterocycles. The highest BCUT2D eigenvalue weighted by atomic mass is 16.2. The van der Waals surface area contributed by atoms with E-state index in [9.17, 15) is 4.79 Å². The Morgan fingerprint density at radius 3 is 2.71 bits per heavy atom. The highest BCUT2D eigenvalue weighted by molar-refractivity contribution is 5.85. The summed E-state index contributed by atoms with van der Waals surface area (Å²) in [7, 11) is 0. The molecule has 0 saturated carbocycles. The summed E-state index contributed by atoms with van der Waals surface area (Å²) in [5.74, 6) is 5.57. The number of hydrogen-bond acceptors (Lipinski definition) is 2. The smallest absolute Gasteiger partial charge is 0.239 e. The third kappa shape index (κ3) is 4.88. The van der Waals surface area contributed by atoms with Gasteiger partial charge in [-0.05, 0) is 20.3 Å². The number of hydrogen-bond donors (Lipinski definition) is 2. The summed E-state index contributed by atoms with van der Waals surface area (Å²) in [6, 6.07) is 0. The Balaban J connectivity index is 3.86. The lowest BCUT2D eigenvalue weighted by atomic mass is 9.96. The van der Waals surface area contributed by atoms with E-state index in [1.54, 1.807) is 13.8 Å². The van der Waals surface area contributed by atoms with Crippen molar-refractivity contribution in [3.63, 3.8) is 0 Å². The molecule has 0 aromatic rings. The fourth-order valence-corrected chi connectivity index (χ4v) is 1.20. The number of carbonyl (C=O) groups excluding carboxylic acids is 1. The van der Waals surface area contributed by atoms with Gasteiger partial charge in [-0.25, -0.2) is 0 Å². The van der Waals surface area contributed by atoms with E-state index in [4.69, 9.17) is 5.73 Å². The molecule has 80 valence electrons. The first-order valence-electron chi connectivity index (χ1n) is 5.01. The molecular weight excluding hydrogens is 176 g/mol. The van der Waals surface area contributed by atoms with Crippen molar-refractivity contribution < 1.29 is 4.79 Å². The Hall–Kier alpha value is -1.01. The van der Waals surface area contributed by atoms with Gasteiger partial charge in [0.1, 0.15) is 0 Å². The van der Waals surface area contributed by atoms with Crippen molar-refractivity contribution in [3.8, 4) is 11.8 Å². The molecule has 0 aromatic heterocycles. The summed E-state index contributed by atoms with van der Waals surface area (Å²) < 4.78 is 0. The van der Waals surface area contributed by atoms with E-state index in [1.807, 2.05) is 6.92 Å². The van der Waals surface area contributed by atoms with Crippen molar-refractivity contribution in [1.29, 1.82) is 0 Å². The summed E-state index contributed by atoms with van der Waals surface area (Å²) in [6.07, 6.45) is 2.30. The average Bonchev–Trinajstić information content (AvgIpc) is 2.12. The Bertz CT molecular complexity index is 235. The maximum absolute atomic E-state index is 11.5. The topological polar surface area (TPSA) is 55.1 Å². The molecule has 3 heteroatoms. The van der Waals surface area contributed by atoms with Crippen LogP contribution in [0, 0.1) is 11.8 Å². The summed E-state index contributed by atoms with van der Waals surface area (Å²) in [6.45, 7) is 6.14. The molecule has 3 N–H and O–H groups in total. The molecule has 1 unspecified atom stereocenters. The second-order valence-electron chi connectivity index (χ2n) is 3.60. The highest BCUT2D eigenvalue weighted by Crippen LogP contribution is 2.07. The third-order valence-electron chi connectivity index (χ3n) is 2.00. The van der Waals surface area contributed by atoms with Crippen LogP contribution in [0.2, 0.25) is 0 Å². The molecule has 1 atom stereocenters. The van der Waals surface area contributed by atoms with Gasteiger partial charge in [0.2, 0.25) is 5.91 Å². The van der Waals surface area contributed by atoms with Crippen LogP contribution in [0.15, 0.2) is 0 Å². The van der Waals surface area contributed by atoms with Crippen molar-refractivity contribution in [2.45, 2.75) is 45.6 Å². The second-order valence-corrected chi connectivity index (χ2v) is 3.60. The van der Waals surface area contributed by atoms with Crippen molar-refractivity contribution in [2.75, 3.05) is 6.54 Å². The molecule has 0 aliphatic rings. The van der Waals surface area contributed by atoms with Gasteiger partial charge in [-0.3, -0.25) is 4.79 Å². The number of amides is 1. The lowest BCUT2D eigenvalue weighted by molar-refractivity contribution is -0.126. The third-order valence-corrected chi connectivity index (χ3v) is 2.00. The number of carbonyl (C=O) groups is 1. The van der Waals surface area contributed by atoms with Crippen LogP contribution in [0.3, 0.4) is 0 Å². The van der Waals surface area contributed by atoms with E-state index in [1.165, 1.54) is 0 Å². The van der Waals surface area contributed by atoms with Gasteiger partial charge in [0.05, 0.1) is 5.54 Å². The molecule has 0 saturated heterocycles. The van der Waals surface area contributed by atoms with E-state index in [0.29, 0.717) is 19.4 Å². The average molecular weight is 196 g/mol. The zero-order valence-electron chi connectivity index (χ0n) is 9.31. The normalized spacial score (nSPS) is 13.7. The van der Waals surface area contributed by atoms with E-state index in [0.717, 1.165) is 6.42 Å². The van der Waals surface area contributed by atoms with Crippen LogP contribution in [0.1, 0.15) is 40.0 Å². The van der Waals surface area contributed by atoms with E-state index in [-0.39, 0.29) is 5.91 Å². The molecule has 0 bridgehead atoms. The van der Waals surface area contributed by atoms with Gasteiger partial charge in [-0.2, -0.15) is 0 Å². The Labute approximate surface area is 86.4 Å². The van der Waals surface area contributed by atoms with Crippen molar-refractivity contribution in [3.05, 3.63) is 0 Å². The van der Waals surface area contributed by atoms with Crippen molar-refractivity contribution in [1.82, 2.24) is 5.32 Å². The molecule has 0 rings (SSSR count). The maximum Gasteiger partial charge on any atom is 0.239 e. The van der Waals surface area contributed by atoms with Gasteiger partial charge in [-0.1, -0.05) is 13.3 Å². The lowest BCUT2D eigenvalue weighted by Crippen LogP contribution is -2.51. The quantitative estimate of drug-likeness (QED) is 0.510. The first kappa shape index (κ1) is 13.0. The molecule has 14 heavy (non-hydrogen) atoms. The molecule has 0 fully saturated rings. The van der Waals surface area contributed by atoms with Crippen LogP contribution in [0.4, 0.5) is 0 Å². The van der Waals surface area contributed by atoms with Crippen LogP contribution in [-0.2, 0) is 4.79 Å². The van der Waals surface area contributed by atoms with Gasteiger partial charge >= 0.3 is 0 Å². The fourth-order valence-electron chi connectivity index (χ4n) is 1.20. The van der Waals surface area contributed by atoms with E-state index >= 15 is 0 Å². The summed E-state index contributed by atoms with van der Waals surface area (Å²) >= 11 is 0. The van der Waals surface area contributed by atoms with Crippen LogP contribution in [0.25, 0.3) is 0 Å². The largest absolute Gasteiger partial charge is 0.354 e. The van der Waals surface area contributed by atoms with Crippen LogP contribution >= 0.6 is 0 Å². The minimum atomic E-state index is -0.742. The monoisotopic (exact) mass is 196 g/mol. The van der Waals surface area contributed by atoms with E-state index < -0.39 is 5.54 Å². The summed E-state index contributed by atoms with van der Waals surface area (Å²) in [4.78, 5) is 11.5. The van der Waals surface area contributed by atoms with Crippen LogP contribution < -0.4 is 11.1 Å². The minimum absolute atomic E-state index is 0.0859. The second kappa shape index (κ2) is 6.44.